The standard InChI is InChI=1S/C11H20N4/c1-12-10(11-13-8-14-15-11)9-6-4-2-3-5-7-9/h8-10,12H,2-7H2,1H3,(H,13,14,15). The lowest BCUT2D eigenvalue weighted by atomic mass is 9.91. The number of aromatic amines is 1. The zero-order valence-electron chi connectivity index (χ0n) is 9.37. The normalized spacial score (nSPS) is 21.1. The topological polar surface area (TPSA) is 53.6 Å². The van der Waals surface area contributed by atoms with Crippen LogP contribution in [0.25, 0.3) is 0 Å². The van der Waals surface area contributed by atoms with Crippen LogP contribution in [-0.4, -0.2) is 22.2 Å². The van der Waals surface area contributed by atoms with Gasteiger partial charge in [-0.3, -0.25) is 5.10 Å². The average Bonchev–Trinajstić information content (AvgIpc) is 2.63. The first kappa shape index (κ1) is 10.6. The maximum absolute atomic E-state index is 4.26. The molecule has 1 heterocycles. The molecule has 4 heteroatoms. The highest BCUT2D eigenvalue weighted by Crippen LogP contribution is 2.31. The molecular weight excluding hydrogens is 188 g/mol. The van der Waals surface area contributed by atoms with Crippen LogP contribution in [0.3, 0.4) is 0 Å². The van der Waals surface area contributed by atoms with Gasteiger partial charge < -0.3 is 5.32 Å². The van der Waals surface area contributed by atoms with Gasteiger partial charge in [0.2, 0.25) is 0 Å². The van der Waals surface area contributed by atoms with Crippen molar-refractivity contribution < 1.29 is 0 Å². The Morgan fingerprint density at radius 1 is 1.33 bits per heavy atom. The highest BCUT2D eigenvalue weighted by atomic mass is 15.2. The van der Waals surface area contributed by atoms with Gasteiger partial charge in [-0.1, -0.05) is 25.7 Å². The van der Waals surface area contributed by atoms with Gasteiger partial charge in [-0.15, -0.1) is 0 Å². The molecule has 0 aromatic carbocycles. The van der Waals surface area contributed by atoms with E-state index in [2.05, 4.69) is 20.5 Å². The number of rotatable bonds is 3. The molecule has 1 atom stereocenters. The molecule has 0 aliphatic heterocycles. The molecule has 2 rings (SSSR count). The zero-order chi connectivity index (χ0) is 10.5. The van der Waals surface area contributed by atoms with E-state index >= 15 is 0 Å². The Morgan fingerprint density at radius 3 is 2.60 bits per heavy atom. The molecule has 1 unspecified atom stereocenters. The van der Waals surface area contributed by atoms with E-state index in [0.717, 1.165) is 5.82 Å². The summed E-state index contributed by atoms with van der Waals surface area (Å²) in [5, 5.41) is 10.3. The average molecular weight is 208 g/mol. The molecule has 1 aliphatic carbocycles. The Hall–Kier alpha value is -0.900. The van der Waals surface area contributed by atoms with Crippen LogP contribution >= 0.6 is 0 Å². The van der Waals surface area contributed by atoms with E-state index in [9.17, 15) is 0 Å². The monoisotopic (exact) mass is 208 g/mol. The van der Waals surface area contributed by atoms with Crippen molar-refractivity contribution in [2.24, 2.45) is 5.92 Å². The lowest BCUT2D eigenvalue weighted by Crippen LogP contribution is -2.26. The van der Waals surface area contributed by atoms with Gasteiger partial charge in [-0.25, -0.2) is 4.98 Å². The van der Waals surface area contributed by atoms with Crippen LogP contribution in [-0.2, 0) is 0 Å². The fraction of sp³-hybridized carbons (Fsp3) is 0.818. The molecule has 0 amide bonds. The van der Waals surface area contributed by atoms with Gasteiger partial charge in [-0.05, 0) is 25.8 Å². The Balaban J connectivity index is 2.04. The van der Waals surface area contributed by atoms with E-state index in [-0.39, 0.29) is 0 Å². The highest BCUT2D eigenvalue weighted by molar-refractivity contribution is 4.94. The van der Waals surface area contributed by atoms with Crippen molar-refractivity contribution >= 4 is 0 Å². The maximum Gasteiger partial charge on any atom is 0.141 e. The van der Waals surface area contributed by atoms with Crippen LogP contribution in [0.4, 0.5) is 0 Å². The molecule has 1 aromatic rings. The van der Waals surface area contributed by atoms with Crippen molar-refractivity contribution in [1.82, 2.24) is 20.5 Å². The van der Waals surface area contributed by atoms with Crippen molar-refractivity contribution in [1.29, 1.82) is 0 Å². The van der Waals surface area contributed by atoms with Crippen molar-refractivity contribution in [3.8, 4) is 0 Å². The molecule has 15 heavy (non-hydrogen) atoms. The molecule has 0 saturated heterocycles. The fourth-order valence-corrected chi connectivity index (χ4v) is 2.60. The smallest absolute Gasteiger partial charge is 0.141 e. The van der Waals surface area contributed by atoms with E-state index < -0.39 is 0 Å². The van der Waals surface area contributed by atoms with E-state index in [4.69, 9.17) is 0 Å². The Kier molecular flexibility index (Phi) is 3.72. The Bertz CT molecular complexity index is 262. The summed E-state index contributed by atoms with van der Waals surface area (Å²) in [6.07, 6.45) is 9.72. The zero-order valence-corrected chi connectivity index (χ0v) is 9.37. The van der Waals surface area contributed by atoms with Crippen molar-refractivity contribution in [2.45, 2.75) is 44.6 Å². The van der Waals surface area contributed by atoms with Crippen molar-refractivity contribution in [3.05, 3.63) is 12.2 Å². The van der Waals surface area contributed by atoms with Crippen LogP contribution in [0.5, 0.6) is 0 Å². The second kappa shape index (κ2) is 5.26. The molecule has 1 aliphatic rings. The molecule has 84 valence electrons. The molecule has 0 radical (unpaired) electrons. The number of hydrogen-bond acceptors (Lipinski definition) is 3. The minimum Gasteiger partial charge on any atom is -0.310 e. The molecule has 2 N–H and O–H groups in total. The Morgan fingerprint density at radius 2 is 2.07 bits per heavy atom. The lowest BCUT2D eigenvalue weighted by Gasteiger charge is -2.23. The van der Waals surface area contributed by atoms with Crippen LogP contribution in [0, 0.1) is 5.92 Å². The van der Waals surface area contributed by atoms with E-state index in [0.29, 0.717) is 12.0 Å². The number of nitrogens with one attached hydrogen (secondary N) is 2. The summed E-state index contributed by atoms with van der Waals surface area (Å²) in [6.45, 7) is 0. The van der Waals surface area contributed by atoms with Gasteiger partial charge in [0.25, 0.3) is 0 Å². The first-order chi connectivity index (χ1) is 7.42. The molecule has 1 saturated carbocycles. The van der Waals surface area contributed by atoms with Gasteiger partial charge in [0, 0.05) is 0 Å². The number of nitrogens with zero attached hydrogens (tertiary/aromatic N) is 2. The highest BCUT2D eigenvalue weighted by Gasteiger charge is 2.24. The summed E-state index contributed by atoms with van der Waals surface area (Å²) in [4.78, 5) is 4.26. The Labute approximate surface area is 90.9 Å². The maximum atomic E-state index is 4.26. The lowest BCUT2D eigenvalue weighted by molar-refractivity contribution is 0.330. The molecular formula is C11H20N4. The summed E-state index contributed by atoms with van der Waals surface area (Å²) >= 11 is 0. The number of H-pyrrole nitrogens is 1. The van der Waals surface area contributed by atoms with E-state index in [1.54, 1.807) is 6.33 Å². The quantitative estimate of drug-likeness (QED) is 0.747. The van der Waals surface area contributed by atoms with Crippen LogP contribution in [0.2, 0.25) is 0 Å². The largest absolute Gasteiger partial charge is 0.310 e. The van der Waals surface area contributed by atoms with Gasteiger partial charge in [-0.2, -0.15) is 5.10 Å². The first-order valence-corrected chi connectivity index (χ1v) is 5.94. The van der Waals surface area contributed by atoms with E-state index in [1.165, 1.54) is 38.5 Å². The fourth-order valence-electron chi connectivity index (χ4n) is 2.60. The minimum absolute atomic E-state index is 0.352. The van der Waals surface area contributed by atoms with Gasteiger partial charge in [0.1, 0.15) is 12.2 Å². The van der Waals surface area contributed by atoms with Crippen molar-refractivity contribution in [2.75, 3.05) is 7.05 Å². The minimum atomic E-state index is 0.352. The van der Waals surface area contributed by atoms with Crippen molar-refractivity contribution in [3.63, 3.8) is 0 Å². The van der Waals surface area contributed by atoms with Gasteiger partial charge >= 0.3 is 0 Å². The first-order valence-electron chi connectivity index (χ1n) is 5.94. The predicted octanol–water partition coefficient (Wildman–Crippen LogP) is 2.04. The third kappa shape index (κ3) is 2.56. The predicted molar refractivity (Wildman–Crippen MR) is 59.4 cm³/mol. The molecule has 0 spiro atoms. The second-order valence-electron chi connectivity index (χ2n) is 4.39. The van der Waals surface area contributed by atoms with Crippen LogP contribution in [0.15, 0.2) is 6.33 Å². The third-order valence-electron chi connectivity index (χ3n) is 3.41. The summed E-state index contributed by atoms with van der Waals surface area (Å²) < 4.78 is 0. The second-order valence-corrected chi connectivity index (χ2v) is 4.39. The van der Waals surface area contributed by atoms with Crippen LogP contribution in [0.1, 0.15) is 50.4 Å². The molecule has 1 fully saturated rings. The molecule has 1 aromatic heterocycles. The number of hydrogen-bond donors (Lipinski definition) is 2. The summed E-state index contributed by atoms with van der Waals surface area (Å²) in [5.74, 6) is 1.70. The van der Waals surface area contributed by atoms with Gasteiger partial charge in [0.05, 0.1) is 6.04 Å². The third-order valence-corrected chi connectivity index (χ3v) is 3.41. The van der Waals surface area contributed by atoms with E-state index in [1.807, 2.05) is 7.05 Å². The summed E-state index contributed by atoms with van der Waals surface area (Å²) in [6, 6.07) is 0.352. The summed E-state index contributed by atoms with van der Waals surface area (Å²) in [5.41, 5.74) is 0. The molecule has 0 bridgehead atoms. The van der Waals surface area contributed by atoms with Crippen LogP contribution < -0.4 is 5.32 Å². The van der Waals surface area contributed by atoms with Gasteiger partial charge in [0.15, 0.2) is 0 Å². The molecule has 4 nitrogen and oxygen atoms in total. The SMILES string of the molecule is CNC(c1ncn[nH]1)C1CCCCCC1. The summed E-state index contributed by atoms with van der Waals surface area (Å²) in [7, 11) is 2.01. The number of aromatic nitrogens is 3.